The number of rotatable bonds is 5. The van der Waals surface area contributed by atoms with Gasteiger partial charge in [0.05, 0.1) is 17.2 Å². The van der Waals surface area contributed by atoms with Crippen molar-refractivity contribution in [3.05, 3.63) is 90.7 Å². The molecule has 0 saturated heterocycles. The van der Waals surface area contributed by atoms with Gasteiger partial charge in [0.25, 0.3) is 0 Å². The standard InChI is InChI=1S/C22H19N5O/c1-16(17-7-10-20(11-8-17)27-15-23-14-25-27)26-21(28)12-9-19-5-2-4-18-6-3-13-24-22(18)19/h2-16H,1H3,(H,26,28)/b12-9+. The highest BCUT2D eigenvalue weighted by molar-refractivity contribution is 5.95. The van der Waals surface area contributed by atoms with Crippen LogP contribution in [0.5, 0.6) is 0 Å². The number of benzene rings is 2. The molecule has 28 heavy (non-hydrogen) atoms. The molecule has 0 aliphatic carbocycles. The Morgan fingerprint density at radius 1 is 1.11 bits per heavy atom. The molecule has 2 aromatic carbocycles. The van der Waals surface area contributed by atoms with E-state index in [9.17, 15) is 4.79 Å². The molecule has 0 saturated carbocycles. The van der Waals surface area contributed by atoms with E-state index in [1.807, 2.05) is 61.5 Å². The predicted molar refractivity (Wildman–Crippen MR) is 109 cm³/mol. The second kappa shape index (κ2) is 7.84. The molecule has 6 heteroatoms. The maximum Gasteiger partial charge on any atom is 0.244 e. The van der Waals surface area contributed by atoms with Gasteiger partial charge in [-0.15, -0.1) is 0 Å². The molecule has 4 aromatic rings. The van der Waals surface area contributed by atoms with E-state index in [4.69, 9.17) is 0 Å². The Labute approximate surface area is 162 Å². The predicted octanol–water partition coefficient (Wildman–Crippen LogP) is 3.71. The van der Waals surface area contributed by atoms with E-state index < -0.39 is 0 Å². The molecule has 0 bridgehead atoms. The Balaban J connectivity index is 1.43. The highest BCUT2D eigenvalue weighted by atomic mass is 16.1. The van der Waals surface area contributed by atoms with E-state index in [1.54, 1.807) is 29.4 Å². The summed E-state index contributed by atoms with van der Waals surface area (Å²) in [6.07, 6.45) is 8.24. The Bertz CT molecular complexity index is 1110. The van der Waals surface area contributed by atoms with Crippen molar-refractivity contribution in [1.82, 2.24) is 25.1 Å². The summed E-state index contributed by atoms with van der Waals surface area (Å²) in [5.41, 5.74) is 3.73. The second-order valence-corrected chi connectivity index (χ2v) is 6.42. The minimum Gasteiger partial charge on any atom is -0.346 e. The molecule has 0 aliphatic heterocycles. The van der Waals surface area contributed by atoms with Gasteiger partial charge in [-0.25, -0.2) is 9.67 Å². The number of nitrogens with zero attached hydrogens (tertiary/aromatic N) is 4. The van der Waals surface area contributed by atoms with E-state index in [0.29, 0.717) is 0 Å². The Hall–Kier alpha value is -3.80. The summed E-state index contributed by atoms with van der Waals surface area (Å²) >= 11 is 0. The van der Waals surface area contributed by atoms with Crippen LogP contribution in [0.15, 0.2) is 79.5 Å². The first-order chi connectivity index (χ1) is 13.7. The molecular weight excluding hydrogens is 350 g/mol. The first kappa shape index (κ1) is 17.6. The van der Waals surface area contributed by atoms with Crippen LogP contribution in [-0.4, -0.2) is 25.7 Å². The van der Waals surface area contributed by atoms with Crippen molar-refractivity contribution in [3.63, 3.8) is 0 Å². The third-order valence-corrected chi connectivity index (χ3v) is 4.51. The summed E-state index contributed by atoms with van der Waals surface area (Å²) < 4.78 is 1.69. The van der Waals surface area contributed by atoms with Crippen molar-refractivity contribution in [2.75, 3.05) is 0 Å². The lowest BCUT2D eigenvalue weighted by molar-refractivity contribution is -0.117. The van der Waals surface area contributed by atoms with Gasteiger partial charge in [0.15, 0.2) is 0 Å². The highest BCUT2D eigenvalue weighted by Gasteiger charge is 2.08. The summed E-state index contributed by atoms with van der Waals surface area (Å²) in [4.78, 5) is 20.7. The van der Waals surface area contributed by atoms with Crippen molar-refractivity contribution in [1.29, 1.82) is 0 Å². The fourth-order valence-corrected chi connectivity index (χ4v) is 3.03. The molecule has 0 spiro atoms. The van der Waals surface area contributed by atoms with Crippen LogP contribution in [0.25, 0.3) is 22.7 Å². The van der Waals surface area contributed by atoms with Crippen LogP contribution in [0.1, 0.15) is 24.1 Å². The molecule has 0 fully saturated rings. The summed E-state index contributed by atoms with van der Waals surface area (Å²) in [5, 5.41) is 8.14. The maximum atomic E-state index is 12.3. The Morgan fingerprint density at radius 3 is 2.71 bits per heavy atom. The van der Waals surface area contributed by atoms with Gasteiger partial charge < -0.3 is 5.32 Å². The first-order valence-corrected chi connectivity index (χ1v) is 8.98. The molecule has 1 N–H and O–H groups in total. The summed E-state index contributed by atoms with van der Waals surface area (Å²) in [6.45, 7) is 1.95. The number of carbonyl (C=O) groups is 1. The van der Waals surface area contributed by atoms with Gasteiger partial charge in [-0.3, -0.25) is 9.78 Å². The molecule has 2 heterocycles. The zero-order chi connectivity index (χ0) is 19.3. The zero-order valence-corrected chi connectivity index (χ0v) is 15.4. The third kappa shape index (κ3) is 3.81. The Kier molecular flexibility index (Phi) is 4.93. The lowest BCUT2D eigenvalue weighted by Crippen LogP contribution is -2.24. The van der Waals surface area contributed by atoms with E-state index in [2.05, 4.69) is 20.4 Å². The van der Waals surface area contributed by atoms with E-state index >= 15 is 0 Å². The number of amides is 1. The van der Waals surface area contributed by atoms with Crippen molar-refractivity contribution in [3.8, 4) is 5.69 Å². The quantitative estimate of drug-likeness (QED) is 0.544. The smallest absolute Gasteiger partial charge is 0.244 e. The van der Waals surface area contributed by atoms with Gasteiger partial charge >= 0.3 is 0 Å². The minimum absolute atomic E-state index is 0.118. The fourth-order valence-electron chi connectivity index (χ4n) is 3.03. The average molecular weight is 369 g/mol. The molecule has 0 radical (unpaired) electrons. The highest BCUT2D eigenvalue weighted by Crippen LogP contribution is 2.18. The minimum atomic E-state index is -0.152. The van der Waals surface area contributed by atoms with Gasteiger partial charge in [-0.1, -0.05) is 36.4 Å². The maximum absolute atomic E-state index is 12.3. The lowest BCUT2D eigenvalue weighted by atomic mass is 10.1. The molecule has 1 atom stereocenters. The number of aromatic nitrogens is 4. The van der Waals surface area contributed by atoms with Crippen molar-refractivity contribution >= 4 is 22.9 Å². The number of carbonyl (C=O) groups excluding carboxylic acids is 1. The average Bonchev–Trinajstić information content (AvgIpc) is 3.27. The third-order valence-electron chi connectivity index (χ3n) is 4.51. The summed E-state index contributed by atoms with van der Waals surface area (Å²) in [6, 6.07) is 17.5. The number of pyridine rings is 1. The van der Waals surface area contributed by atoms with E-state index in [-0.39, 0.29) is 11.9 Å². The molecular formula is C22H19N5O. The SMILES string of the molecule is CC(NC(=O)/C=C/c1cccc2cccnc12)c1ccc(-n2cncn2)cc1. The van der Waals surface area contributed by atoms with Crippen LogP contribution >= 0.6 is 0 Å². The van der Waals surface area contributed by atoms with Crippen LogP contribution < -0.4 is 5.32 Å². The topological polar surface area (TPSA) is 72.7 Å². The van der Waals surface area contributed by atoms with Crippen LogP contribution in [0, 0.1) is 0 Å². The van der Waals surface area contributed by atoms with Crippen molar-refractivity contribution in [2.45, 2.75) is 13.0 Å². The normalized spacial score (nSPS) is 12.3. The molecule has 4 rings (SSSR count). The molecule has 6 nitrogen and oxygen atoms in total. The number of fused-ring (bicyclic) bond motifs is 1. The van der Waals surface area contributed by atoms with Gasteiger partial charge in [0, 0.05) is 23.2 Å². The monoisotopic (exact) mass is 369 g/mol. The van der Waals surface area contributed by atoms with Gasteiger partial charge in [-0.2, -0.15) is 5.10 Å². The van der Waals surface area contributed by atoms with E-state index in [1.165, 1.54) is 6.33 Å². The molecule has 1 amide bonds. The van der Waals surface area contributed by atoms with Gasteiger partial charge in [0.1, 0.15) is 12.7 Å². The van der Waals surface area contributed by atoms with Crippen LogP contribution in [0.3, 0.4) is 0 Å². The van der Waals surface area contributed by atoms with E-state index in [0.717, 1.165) is 27.7 Å². The zero-order valence-electron chi connectivity index (χ0n) is 15.4. The lowest BCUT2D eigenvalue weighted by Gasteiger charge is -2.13. The Morgan fingerprint density at radius 2 is 1.93 bits per heavy atom. The summed E-state index contributed by atoms with van der Waals surface area (Å²) in [5.74, 6) is -0.152. The number of hydrogen-bond acceptors (Lipinski definition) is 4. The molecule has 1 unspecified atom stereocenters. The van der Waals surface area contributed by atoms with Crippen molar-refractivity contribution < 1.29 is 4.79 Å². The van der Waals surface area contributed by atoms with Crippen LogP contribution in [0.2, 0.25) is 0 Å². The van der Waals surface area contributed by atoms with Gasteiger partial charge in [0.2, 0.25) is 5.91 Å². The number of para-hydroxylation sites is 1. The molecule has 2 aromatic heterocycles. The van der Waals surface area contributed by atoms with Gasteiger partial charge in [-0.05, 0) is 36.8 Å². The second-order valence-electron chi connectivity index (χ2n) is 6.42. The largest absolute Gasteiger partial charge is 0.346 e. The molecule has 138 valence electrons. The van der Waals surface area contributed by atoms with Crippen molar-refractivity contribution in [2.24, 2.45) is 0 Å². The van der Waals surface area contributed by atoms with Crippen LogP contribution in [0.4, 0.5) is 0 Å². The first-order valence-electron chi connectivity index (χ1n) is 8.98. The summed E-state index contributed by atoms with van der Waals surface area (Å²) in [7, 11) is 0. The van der Waals surface area contributed by atoms with Crippen LogP contribution in [-0.2, 0) is 4.79 Å². The number of nitrogens with one attached hydrogen (secondary N) is 1. The molecule has 0 aliphatic rings. The fraction of sp³-hybridized carbons (Fsp3) is 0.0909. The number of hydrogen-bond donors (Lipinski definition) is 1.